The van der Waals surface area contributed by atoms with Crippen LogP contribution in [-0.2, 0) is 0 Å². The second-order valence-corrected chi connectivity index (χ2v) is 9.12. The van der Waals surface area contributed by atoms with Crippen molar-refractivity contribution in [3.8, 4) is 0 Å². The SMILES string of the molecule is CCN(CC)c1ccc(/C=C/C2=CC(/C=C/c3ccc(N(CC)CC)cc3)=NS(F)(F)N2)cc1. The van der Waals surface area contributed by atoms with Gasteiger partial charge in [-0.2, -0.15) is 4.40 Å². The van der Waals surface area contributed by atoms with Gasteiger partial charge in [-0.05, 0) is 81.3 Å². The van der Waals surface area contributed by atoms with Crippen LogP contribution in [0.1, 0.15) is 38.8 Å². The van der Waals surface area contributed by atoms with Crippen LogP contribution in [0.2, 0.25) is 0 Å². The summed E-state index contributed by atoms with van der Waals surface area (Å²) >= 11 is -4.29. The molecule has 0 bridgehead atoms. The van der Waals surface area contributed by atoms with Gasteiger partial charge in [0.15, 0.2) is 0 Å². The number of nitrogens with one attached hydrogen (secondary N) is 1. The summed E-state index contributed by atoms with van der Waals surface area (Å²) in [6.45, 7) is 12.2. The number of anilines is 2. The van der Waals surface area contributed by atoms with Crippen LogP contribution in [0.3, 0.4) is 0 Å². The average molecular weight is 485 g/mol. The Balaban J connectivity index is 1.72. The Morgan fingerprint density at radius 2 is 1.15 bits per heavy atom. The van der Waals surface area contributed by atoms with Crippen molar-refractivity contribution in [2.24, 2.45) is 4.40 Å². The Labute approximate surface area is 204 Å². The molecule has 0 spiro atoms. The highest BCUT2D eigenvalue weighted by molar-refractivity contribution is 8.22. The first-order valence-corrected chi connectivity index (χ1v) is 13.1. The molecular formula is C27H34F2N4S. The molecule has 0 saturated carbocycles. The molecule has 4 nitrogen and oxygen atoms in total. The Morgan fingerprint density at radius 1 is 0.706 bits per heavy atom. The van der Waals surface area contributed by atoms with Gasteiger partial charge in [-0.15, -0.1) is 7.77 Å². The summed E-state index contributed by atoms with van der Waals surface area (Å²) in [5.74, 6) is 0. The van der Waals surface area contributed by atoms with Crippen molar-refractivity contribution in [1.82, 2.24) is 4.72 Å². The Hall–Kier alpha value is -3.06. The zero-order valence-corrected chi connectivity index (χ0v) is 21.2. The minimum atomic E-state index is -4.29. The van der Waals surface area contributed by atoms with E-state index >= 15 is 0 Å². The smallest absolute Gasteiger partial charge is 0.246 e. The minimum Gasteiger partial charge on any atom is -0.372 e. The van der Waals surface area contributed by atoms with Crippen LogP contribution in [0.15, 0.2) is 76.9 Å². The van der Waals surface area contributed by atoms with Gasteiger partial charge >= 0.3 is 0 Å². The summed E-state index contributed by atoms with van der Waals surface area (Å²) in [7, 11) is 0. The van der Waals surface area contributed by atoms with Crippen molar-refractivity contribution in [1.29, 1.82) is 0 Å². The fourth-order valence-electron chi connectivity index (χ4n) is 3.81. The summed E-state index contributed by atoms with van der Waals surface area (Å²) in [5, 5.41) is 0. The lowest BCUT2D eigenvalue weighted by Crippen LogP contribution is -2.21. The molecule has 0 aliphatic carbocycles. The van der Waals surface area contributed by atoms with Crippen molar-refractivity contribution in [2.75, 3.05) is 36.0 Å². The first-order chi connectivity index (χ1) is 16.4. The molecule has 3 rings (SSSR count). The summed E-state index contributed by atoms with van der Waals surface area (Å²) in [4.78, 5) is 4.52. The van der Waals surface area contributed by atoms with Crippen LogP contribution < -0.4 is 14.5 Å². The van der Waals surface area contributed by atoms with E-state index in [1.807, 2.05) is 48.6 Å². The fourth-order valence-corrected chi connectivity index (χ4v) is 4.64. The predicted molar refractivity (Wildman–Crippen MR) is 147 cm³/mol. The lowest BCUT2D eigenvalue weighted by Gasteiger charge is -2.23. The summed E-state index contributed by atoms with van der Waals surface area (Å²) in [5.41, 5.74) is 4.79. The van der Waals surface area contributed by atoms with Gasteiger partial charge < -0.3 is 9.80 Å². The van der Waals surface area contributed by atoms with Gasteiger partial charge in [0, 0.05) is 37.6 Å². The normalized spacial score (nSPS) is 16.2. The minimum absolute atomic E-state index is 0.253. The van der Waals surface area contributed by atoms with Gasteiger partial charge in [0.25, 0.3) is 0 Å². The van der Waals surface area contributed by atoms with Crippen LogP contribution in [0.5, 0.6) is 0 Å². The third-order valence-electron chi connectivity index (χ3n) is 5.71. The van der Waals surface area contributed by atoms with Gasteiger partial charge in [0.1, 0.15) is 0 Å². The quantitative estimate of drug-likeness (QED) is 0.380. The van der Waals surface area contributed by atoms with Crippen molar-refractivity contribution >= 4 is 40.4 Å². The Bertz CT molecular complexity index is 1050. The number of hydrogen-bond acceptors (Lipinski definition) is 4. The topological polar surface area (TPSA) is 30.9 Å². The largest absolute Gasteiger partial charge is 0.372 e. The number of nitrogens with zero attached hydrogens (tertiary/aromatic N) is 3. The van der Waals surface area contributed by atoms with E-state index in [1.165, 1.54) is 0 Å². The molecule has 2 aromatic rings. The molecule has 34 heavy (non-hydrogen) atoms. The molecule has 0 unspecified atom stereocenters. The lowest BCUT2D eigenvalue weighted by molar-refractivity contribution is 0.725. The van der Waals surface area contributed by atoms with Crippen molar-refractivity contribution in [2.45, 2.75) is 27.7 Å². The van der Waals surface area contributed by atoms with E-state index in [4.69, 9.17) is 0 Å². The van der Waals surface area contributed by atoms with Gasteiger partial charge in [-0.25, -0.2) is 0 Å². The zero-order valence-electron chi connectivity index (χ0n) is 20.3. The molecule has 7 heteroatoms. The number of halogens is 2. The van der Waals surface area contributed by atoms with Crippen LogP contribution in [0, 0.1) is 0 Å². The van der Waals surface area contributed by atoms with Crippen LogP contribution in [0.4, 0.5) is 19.1 Å². The predicted octanol–water partition coefficient (Wildman–Crippen LogP) is 7.44. The molecule has 0 fully saturated rings. The van der Waals surface area contributed by atoms with E-state index in [2.05, 4.69) is 58.7 Å². The maximum atomic E-state index is 14.3. The van der Waals surface area contributed by atoms with Crippen LogP contribution in [-0.4, -0.2) is 31.9 Å². The Morgan fingerprint density at radius 3 is 1.59 bits per heavy atom. The number of allylic oxidation sites excluding steroid dienone is 3. The summed E-state index contributed by atoms with van der Waals surface area (Å²) in [6, 6.07) is 16.2. The highest BCUT2D eigenvalue weighted by Gasteiger charge is 2.25. The second-order valence-electron chi connectivity index (χ2n) is 7.85. The first-order valence-electron chi connectivity index (χ1n) is 11.8. The van der Waals surface area contributed by atoms with Crippen LogP contribution >= 0.6 is 11.2 Å². The van der Waals surface area contributed by atoms with E-state index in [0.29, 0.717) is 5.70 Å². The van der Waals surface area contributed by atoms with Crippen LogP contribution in [0.25, 0.3) is 12.2 Å². The molecule has 1 heterocycles. The third kappa shape index (κ3) is 6.97. The number of rotatable bonds is 10. The van der Waals surface area contributed by atoms with E-state index in [-0.39, 0.29) is 5.71 Å². The molecule has 0 saturated heterocycles. The van der Waals surface area contributed by atoms with Gasteiger partial charge in [-0.1, -0.05) is 36.4 Å². The molecule has 0 aromatic heterocycles. The third-order valence-corrected chi connectivity index (χ3v) is 6.63. The molecule has 1 aliphatic rings. The van der Waals surface area contributed by atoms with Gasteiger partial charge in [0.2, 0.25) is 11.2 Å². The zero-order chi connectivity index (χ0) is 24.6. The summed E-state index contributed by atoms with van der Waals surface area (Å²) in [6.07, 6.45) is 8.61. The van der Waals surface area contributed by atoms with E-state index in [1.54, 1.807) is 18.2 Å². The van der Waals surface area contributed by atoms with E-state index in [0.717, 1.165) is 48.7 Å². The Kier molecular flexibility index (Phi) is 8.93. The van der Waals surface area contributed by atoms with Crippen molar-refractivity contribution in [3.63, 3.8) is 0 Å². The second kappa shape index (κ2) is 11.9. The maximum Gasteiger partial charge on any atom is 0.246 e. The number of hydrogen-bond donors (Lipinski definition) is 1. The van der Waals surface area contributed by atoms with Gasteiger partial charge in [-0.3, -0.25) is 4.72 Å². The van der Waals surface area contributed by atoms with E-state index < -0.39 is 11.2 Å². The maximum absolute atomic E-state index is 14.3. The highest BCUT2D eigenvalue weighted by Crippen LogP contribution is 2.51. The fraction of sp³-hybridized carbons (Fsp3) is 0.296. The molecule has 0 atom stereocenters. The molecule has 1 N–H and O–H groups in total. The molecule has 2 aromatic carbocycles. The summed E-state index contributed by atoms with van der Waals surface area (Å²) < 4.78 is 34.4. The number of benzene rings is 2. The molecule has 0 amide bonds. The molecule has 182 valence electrons. The lowest BCUT2D eigenvalue weighted by atomic mass is 10.1. The van der Waals surface area contributed by atoms with Crippen molar-refractivity contribution < 1.29 is 7.77 Å². The average Bonchev–Trinajstić information content (AvgIpc) is 2.83. The van der Waals surface area contributed by atoms with Crippen molar-refractivity contribution in [3.05, 3.63) is 83.6 Å². The first kappa shape index (κ1) is 25.6. The molecular weight excluding hydrogens is 450 g/mol. The van der Waals surface area contributed by atoms with E-state index in [9.17, 15) is 7.77 Å². The highest BCUT2D eigenvalue weighted by atomic mass is 32.3. The molecule has 0 radical (unpaired) electrons. The monoisotopic (exact) mass is 484 g/mol. The standard InChI is InChI=1S/C27H34F2N4S/c1-5-32(6-2)26-17-11-22(12-18-26)9-15-24-21-25(31-34(28,29)30-24)16-10-23-13-19-27(20-14-23)33(7-3)8-4/h9-21,30H,5-8H2,1-4H3/b15-9+,16-10+. The van der Waals surface area contributed by atoms with Gasteiger partial charge in [0.05, 0.1) is 11.4 Å². The molecule has 1 aliphatic heterocycles.